The molecular weight excluding hydrogens is 246 g/mol. The Kier molecular flexibility index (Phi) is 4.15. The first-order chi connectivity index (χ1) is 9.22. The van der Waals surface area contributed by atoms with Gasteiger partial charge >= 0.3 is 0 Å². The van der Waals surface area contributed by atoms with Crippen LogP contribution in [0.2, 0.25) is 0 Å². The summed E-state index contributed by atoms with van der Waals surface area (Å²) in [6.07, 6.45) is 0. The van der Waals surface area contributed by atoms with Gasteiger partial charge in [0.05, 0.1) is 12.8 Å². The van der Waals surface area contributed by atoms with Crippen LogP contribution in [0.15, 0.2) is 35.1 Å². The highest BCUT2D eigenvalue weighted by atomic mass is 16.5. The zero-order valence-electron chi connectivity index (χ0n) is 10.6. The predicted octanol–water partition coefficient (Wildman–Crippen LogP) is 0.816. The second kappa shape index (κ2) is 6.01. The molecule has 0 saturated carbocycles. The second-order valence-electron chi connectivity index (χ2n) is 3.83. The lowest BCUT2D eigenvalue weighted by molar-refractivity contribution is 0.275. The third kappa shape index (κ3) is 3.32. The average Bonchev–Trinajstić information content (AvgIpc) is 2.44. The van der Waals surface area contributed by atoms with E-state index in [1.807, 2.05) is 12.1 Å². The summed E-state index contributed by atoms with van der Waals surface area (Å²) in [4.78, 5) is 18.2. The maximum Gasteiger partial charge on any atom is 0.251 e. The molecule has 0 saturated heterocycles. The Morgan fingerprint density at radius 3 is 2.74 bits per heavy atom. The SMILES string of the molecule is COc1ccccc1OCc1nc(CN)cc(=O)[nH]1. The first-order valence-electron chi connectivity index (χ1n) is 5.78. The molecular formula is C13H15N3O3. The number of para-hydroxylation sites is 2. The number of nitrogens with zero attached hydrogens (tertiary/aromatic N) is 1. The number of methoxy groups -OCH3 is 1. The van der Waals surface area contributed by atoms with E-state index in [0.29, 0.717) is 23.0 Å². The van der Waals surface area contributed by atoms with Crippen molar-refractivity contribution in [3.63, 3.8) is 0 Å². The number of ether oxygens (including phenoxy) is 2. The normalized spacial score (nSPS) is 10.2. The zero-order valence-corrected chi connectivity index (χ0v) is 10.6. The molecule has 0 radical (unpaired) electrons. The Hall–Kier alpha value is -2.34. The fraction of sp³-hybridized carbons (Fsp3) is 0.231. The van der Waals surface area contributed by atoms with Gasteiger partial charge in [-0.2, -0.15) is 0 Å². The first kappa shape index (κ1) is 13.1. The number of hydrogen-bond donors (Lipinski definition) is 2. The number of rotatable bonds is 5. The van der Waals surface area contributed by atoms with Gasteiger partial charge in [0.15, 0.2) is 11.5 Å². The molecule has 0 bridgehead atoms. The van der Waals surface area contributed by atoms with E-state index < -0.39 is 0 Å². The van der Waals surface area contributed by atoms with E-state index in [1.165, 1.54) is 6.07 Å². The topological polar surface area (TPSA) is 90.2 Å². The smallest absolute Gasteiger partial charge is 0.251 e. The Labute approximate surface area is 110 Å². The molecule has 1 heterocycles. The molecule has 100 valence electrons. The molecule has 6 nitrogen and oxygen atoms in total. The molecule has 0 aliphatic heterocycles. The third-order valence-electron chi connectivity index (χ3n) is 2.49. The Bertz CT molecular complexity index is 610. The summed E-state index contributed by atoms with van der Waals surface area (Å²) in [5.41, 5.74) is 5.75. The average molecular weight is 261 g/mol. The molecule has 1 aromatic carbocycles. The summed E-state index contributed by atoms with van der Waals surface area (Å²) < 4.78 is 10.7. The third-order valence-corrected chi connectivity index (χ3v) is 2.49. The summed E-state index contributed by atoms with van der Waals surface area (Å²) >= 11 is 0. The van der Waals surface area contributed by atoms with Crippen LogP contribution in [0, 0.1) is 0 Å². The van der Waals surface area contributed by atoms with Crippen molar-refractivity contribution < 1.29 is 9.47 Å². The number of nitrogens with one attached hydrogen (secondary N) is 1. The Morgan fingerprint density at radius 2 is 2.05 bits per heavy atom. The molecule has 2 aromatic rings. The molecule has 0 spiro atoms. The van der Waals surface area contributed by atoms with Crippen LogP contribution in [0.3, 0.4) is 0 Å². The van der Waals surface area contributed by atoms with Crippen LogP contribution >= 0.6 is 0 Å². The minimum atomic E-state index is -0.242. The van der Waals surface area contributed by atoms with Crippen molar-refractivity contribution in [2.24, 2.45) is 5.73 Å². The van der Waals surface area contributed by atoms with Crippen LogP contribution in [0.5, 0.6) is 11.5 Å². The molecule has 1 aromatic heterocycles. The van der Waals surface area contributed by atoms with Crippen molar-refractivity contribution >= 4 is 0 Å². The predicted molar refractivity (Wildman–Crippen MR) is 70.1 cm³/mol. The first-order valence-corrected chi connectivity index (χ1v) is 5.78. The van der Waals surface area contributed by atoms with Crippen molar-refractivity contribution in [2.45, 2.75) is 13.2 Å². The maximum atomic E-state index is 11.4. The highest BCUT2D eigenvalue weighted by Gasteiger charge is 2.05. The van der Waals surface area contributed by atoms with Gasteiger partial charge in [0.1, 0.15) is 12.4 Å². The van der Waals surface area contributed by atoms with Gasteiger partial charge < -0.3 is 20.2 Å². The van der Waals surface area contributed by atoms with E-state index in [2.05, 4.69) is 9.97 Å². The van der Waals surface area contributed by atoms with Gasteiger partial charge in [0.25, 0.3) is 5.56 Å². The minimum Gasteiger partial charge on any atom is -0.493 e. The number of nitrogens with two attached hydrogens (primary N) is 1. The molecule has 2 rings (SSSR count). The summed E-state index contributed by atoms with van der Waals surface area (Å²) in [7, 11) is 1.57. The second-order valence-corrected chi connectivity index (χ2v) is 3.83. The van der Waals surface area contributed by atoms with E-state index in [1.54, 1.807) is 19.2 Å². The largest absolute Gasteiger partial charge is 0.493 e. The quantitative estimate of drug-likeness (QED) is 0.831. The highest BCUT2D eigenvalue weighted by molar-refractivity contribution is 5.39. The number of benzene rings is 1. The standard InChI is InChI=1S/C13H15N3O3/c1-18-10-4-2-3-5-11(10)19-8-12-15-9(7-14)6-13(17)16-12/h2-6H,7-8,14H2,1H3,(H,15,16,17). The van der Waals surface area contributed by atoms with Crippen LogP contribution in [0.1, 0.15) is 11.5 Å². The number of aromatic amines is 1. The van der Waals surface area contributed by atoms with Gasteiger partial charge in [-0.15, -0.1) is 0 Å². The van der Waals surface area contributed by atoms with Gasteiger partial charge in [-0.3, -0.25) is 4.79 Å². The lowest BCUT2D eigenvalue weighted by atomic mass is 10.3. The molecule has 19 heavy (non-hydrogen) atoms. The highest BCUT2D eigenvalue weighted by Crippen LogP contribution is 2.26. The molecule has 0 aliphatic carbocycles. The molecule has 3 N–H and O–H groups in total. The van der Waals surface area contributed by atoms with Gasteiger partial charge in [-0.05, 0) is 12.1 Å². The number of aromatic nitrogens is 2. The molecule has 0 amide bonds. The minimum absolute atomic E-state index is 0.142. The maximum absolute atomic E-state index is 11.4. The van der Waals surface area contributed by atoms with Crippen LogP contribution in [-0.4, -0.2) is 17.1 Å². The molecule has 0 atom stereocenters. The summed E-state index contributed by atoms with van der Waals surface area (Å²) in [6.45, 7) is 0.356. The fourth-order valence-corrected chi connectivity index (χ4v) is 1.62. The zero-order chi connectivity index (χ0) is 13.7. The van der Waals surface area contributed by atoms with Crippen LogP contribution in [0.4, 0.5) is 0 Å². The van der Waals surface area contributed by atoms with Crippen molar-refractivity contribution in [1.82, 2.24) is 9.97 Å². The van der Waals surface area contributed by atoms with E-state index in [0.717, 1.165) is 0 Å². The fourth-order valence-electron chi connectivity index (χ4n) is 1.62. The van der Waals surface area contributed by atoms with Crippen molar-refractivity contribution in [1.29, 1.82) is 0 Å². The van der Waals surface area contributed by atoms with E-state index in [4.69, 9.17) is 15.2 Å². The van der Waals surface area contributed by atoms with Gasteiger partial charge in [-0.25, -0.2) is 4.98 Å². The summed E-state index contributed by atoms with van der Waals surface area (Å²) in [5.74, 6) is 1.64. The lowest BCUT2D eigenvalue weighted by Gasteiger charge is -2.10. The monoisotopic (exact) mass is 261 g/mol. The summed E-state index contributed by atoms with van der Waals surface area (Å²) in [5, 5.41) is 0. The van der Waals surface area contributed by atoms with Crippen molar-refractivity contribution in [2.75, 3.05) is 7.11 Å². The number of hydrogen-bond acceptors (Lipinski definition) is 5. The Balaban J connectivity index is 2.14. The van der Waals surface area contributed by atoms with Crippen LogP contribution < -0.4 is 20.8 Å². The van der Waals surface area contributed by atoms with Crippen LogP contribution in [0.25, 0.3) is 0 Å². The van der Waals surface area contributed by atoms with Gasteiger partial charge in [0.2, 0.25) is 0 Å². The van der Waals surface area contributed by atoms with Crippen molar-refractivity contribution in [3.05, 3.63) is 52.2 Å². The molecule has 6 heteroatoms. The van der Waals surface area contributed by atoms with E-state index in [-0.39, 0.29) is 18.7 Å². The van der Waals surface area contributed by atoms with E-state index in [9.17, 15) is 4.79 Å². The van der Waals surface area contributed by atoms with Gasteiger partial charge in [0, 0.05) is 12.6 Å². The van der Waals surface area contributed by atoms with E-state index >= 15 is 0 Å². The Morgan fingerprint density at radius 1 is 1.32 bits per heavy atom. The van der Waals surface area contributed by atoms with Crippen LogP contribution in [-0.2, 0) is 13.2 Å². The lowest BCUT2D eigenvalue weighted by Crippen LogP contribution is -2.16. The van der Waals surface area contributed by atoms with Gasteiger partial charge in [-0.1, -0.05) is 12.1 Å². The number of H-pyrrole nitrogens is 1. The van der Waals surface area contributed by atoms with Crippen molar-refractivity contribution in [3.8, 4) is 11.5 Å². The summed E-state index contributed by atoms with van der Waals surface area (Å²) in [6, 6.07) is 8.63. The molecule has 0 fully saturated rings. The molecule has 0 aliphatic rings. The molecule has 0 unspecified atom stereocenters.